The third-order valence-corrected chi connectivity index (χ3v) is 4.94. The van der Waals surface area contributed by atoms with Gasteiger partial charge in [0.05, 0.1) is 11.4 Å². The first kappa shape index (κ1) is 18.9. The van der Waals surface area contributed by atoms with Crippen LogP contribution >= 0.6 is 11.6 Å². The van der Waals surface area contributed by atoms with Crippen LogP contribution in [0.2, 0.25) is 5.02 Å². The van der Waals surface area contributed by atoms with E-state index in [1.807, 2.05) is 0 Å². The second kappa shape index (κ2) is 7.04. The Bertz CT molecular complexity index is 1060. The fourth-order valence-electron chi connectivity index (χ4n) is 3.39. The number of benzene rings is 2. The van der Waals surface area contributed by atoms with E-state index < -0.39 is 29.4 Å². The smallest absolute Gasteiger partial charge is 0.311 e. The molecular formula is C20H17ClFNO4. The molecule has 0 aliphatic rings. The fraction of sp³-hybridized carbons (Fsp3) is 0.200. The normalized spacial score (nSPS) is 12.3. The molecule has 1 heterocycles. The summed E-state index contributed by atoms with van der Waals surface area (Å²) in [5.41, 5.74) is 1.04. The highest BCUT2D eigenvalue weighted by molar-refractivity contribution is 6.30. The second-order valence-corrected chi connectivity index (χ2v) is 6.67. The molecule has 0 aliphatic carbocycles. The predicted molar refractivity (Wildman–Crippen MR) is 100 cm³/mol. The van der Waals surface area contributed by atoms with E-state index in [0.717, 1.165) is 6.07 Å². The Labute approximate surface area is 159 Å². The van der Waals surface area contributed by atoms with Crippen molar-refractivity contribution in [1.29, 1.82) is 0 Å². The molecule has 7 heteroatoms. The number of carbonyl (C=O) groups excluding carboxylic acids is 1. The molecule has 0 amide bonds. The molecule has 0 saturated carbocycles. The van der Waals surface area contributed by atoms with Gasteiger partial charge in [-0.3, -0.25) is 14.2 Å². The van der Waals surface area contributed by atoms with Crippen LogP contribution < -0.4 is 0 Å². The van der Waals surface area contributed by atoms with Crippen LogP contribution in [-0.2, 0) is 4.79 Å². The average molecular weight is 390 g/mol. The van der Waals surface area contributed by atoms with Gasteiger partial charge in [-0.05, 0) is 55.3 Å². The Balaban J connectivity index is 2.36. The number of phenols is 1. The molecule has 2 N–H and O–H groups in total. The molecule has 0 unspecified atom stereocenters. The number of fused-ring (bicyclic) bond motifs is 1. The van der Waals surface area contributed by atoms with Gasteiger partial charge in [-0.25, -0.2) is 4.39 Å². The largest absolute Gasteiger partial charge is 0.505 e. The second-order valence-electron chi connectivity index (χ2n) is 6.24. The molecular weight excluding hydrogens is 373 g/mol. The number of carboxylic acid groups (broad SMARTS) is 1. The number of hydrogen-bond donors (Lipinski definition) is 2. The van der Waals surface area contributed by atoms with Gasteiger partial charge in [-0.15, -0.1) is 0 Å². The standard InChI is InChI=1S/C20H17ClFNO4/c1-3-13(20(26)27)16-10(2)23(14-8-9-15(24)18(22)17(14)16)19(25)11-4-6-12(21)7-5-11/h4-9,13,24H,3H2,1-2H3,(H,26,27)/t13-/m0/s1. The average Bonchev–Trinajstić information content (AvgIpc) is 2.92. The van der Waals surface area contributed by atoms with Crippen molar-refractivity contribution < 1.29 is 24.2 Å². The zero-order valence-corrected chi connectivity index (χ0v) is 15.4. The van der Waals surface area contributed by atoms with E-state index in [4.69, 9.17) is 11.6 Å². The lowest BCUT2D eigenvalue weighted by Gasteiger charge is -2.12. The van der Waals surface area contributed by atoms with Gasteiger partial charge in [-0.1, -0.05) is 18.5 Å². The number of carbonyl (C=O) groups is 2. The topological polar surface area (TPSA) is 79.5 Å². The van der Waals surface area contributed by atoms with Gasteiger partial charge in [0, 0.05) is 21.7 Å². The summed E-state index contributed by atoms with van der Waals surface area (Å²) in [6, 6.07) is 8.77. The van der Waals surface area contributed by atoms with Crippen LogP contribution in [0.25, 0.3) is 10.9 Å². The Morgan fingerprint density at radius 3 is 2.37 bits per heavy atom. The number of aliphatic carboxylic acids is 1. The lowest BCUT2D eigenvalue weighted by molar-refractivity contribution is -0.138. The molecule has 0 fully saturated rings. The van der Waals surface area contributed by atoms with Crippen LogP contribution in [0, 0.1) is 12.7 Å². The molecule has 0 aliphatic heterocycles. The van der Waals surface area contributed by atoms with Crippen LogP contribution in [-0.4, -0.2) is 26.7 Å². The molecule has 3 rings (SSSR count). The minimum Gasteiger partial charge on any atom is -0.505 e. The van der Waals surface area contributed by atoms with Gasteiger partial charge in [0.1, 0.15) is 0 Å². The first-order valence-corrected chi connectivity index (χ1v) is 8.71. The van der Waals surface area contributed by atoms with Crippen LogP contribution in [0.15, 0.2) is 36.4 Å². The van der Waals surface area contributed by atoms with Crippen LogP contribution in [0.1, 0.15) is 40.9 Å². The molecule has 5 nitrogen and oxygen atoms in total. The predicted octanol–water partition coefficient (Wildman–Crippen LogP) is 4.71. The zero-order valence-electron chi connectivity index (χ0n) is 14.7. The summed E-state index contributed by atoms with van der Waals surface area (Å²) in [4.78, 5) is 24.8. The lowest BCUT2D eigenvalue weighted by Crippen LogP contribution is -2.16. The van der Waals surface area contributed by atoms with Gasteiger partial charge >= 0.3 is 5.97 Å². The molecule has 1 atom stereocenters. The van der Waals surface area contributed by atoms with Crippen molar-refractivity contribution in [3.63, 3.8) is 0 Å². The summed E-state index contributed by atoms with van der Waals surface area (Å²) in [6.07, 6.45) is 0.208. The number of phenolic OH excluding ortho intramolecular Hbond substituents is 1. The Kier molecular flexibility index (Phi) is 4.93. The number of aromatic nitrogens is 1. The summed E-state index contributed by atoms with van der Waals surface area (Å²) < 4.78 is 16.0. The Morgan fingerprint density at radius 1 is 1.19 bits per heavy atom. The van der Waals surface area contributed by atoms with Crippen molar-refractivity contribution in [3.8, 4) is 5.75 Å². The summed E-state index contributed by atoms with van der Waals surface area (Å²) in [7, 11) is 0. The Morgan fingerprint density at radius 2 is 1.81 bits per heavy atom. The number of hydrogen-bond acceptors (Lipinski definition) is 3. The first-order chi connectivity index (χ1) is 12.8. The molecule has 27 heavy (non-hydrogen) atoms. The van der Waals surface area contributed by atoms with Crippen LogP contribution in [0.5, 0.6) is 5.75 Å². The third kappa shape index (κ3) is 3.06. The van der Waals surface area contributed by atoms with Crippen molar-refractivity contribution in [1.82, 2.24) is 4.57 Å². The van der Waals surface area contributed by atoms with E-state index in [1.54, 1.807) is 38.1 Å². The molecule has 1 aromatic heterocycles. The van der Waals surface area contributed by atoms with Crippen molar-refractivity contribution >= 4 is 34.4 Å². The number of nitrogens with zero attached hydrogens (tertiary/aromatic N) is 1. The number of aromatic hydroxyl groups is 1. The van der Waals surface area contributed by atoms with Gasteiger partial charge in [0.2, 0.25) is 0 Å². The molecule has 0 radical (unpaired) electrons. The van der Waals surface area contributed by atoms with Gasteiger partial charge in [0.25, 0.3) is 5.91 Å². The maximum Gasteiger partial charge on any atom is 0.311 e. The van der Waals surface area contributed by atoms with Crippen molar-refractivity contribution in [2.75, 3.05) is 0 Å². The minimum atomic E-state index is -1.12. The fourth-order valence-corrected chi connectivity index (χ4v) is 3.52. The highest BCUT2D eigenvalue weighted by Crippen LogP contribution is 2.38. The van der Waals surface area contributed by atoms with Gasteiger partial charge < -0.3 is 10.2 Å². The molecule has 2 aromatic carbocycles. The monoisotopic (exact) mass is 389 g/mol. The summed E-state index contributed by atoms with van der Waals surface area (Å²) >= 11 is 5.87. The molecule has 0 bridgehead atoms. The van der Waals surface area contributed by atoms with E-state index in [1.165, 1.54) is 10.6 Å². The van der Waals surface area contributed by atoms with Gasteiger partial charge in [-0.2, -0.15) is 0 Å². The van der Waals surface area contributed by atoms with E-state index >= 15 is 0 Å². The molecule has 0 spiro atoms. The number of carboxylic acids is 1. The van der Waals surface area contributed by atoms with Crippen LogP contribution in [0.3, 0.4) is 0 Å². The molecule has 140 valence electrons. The maximum absolute atomic E-state index is 14.7. The van der Waals surface area contributed by atoms with Crippen molar-refractivity contribution in [2.24, 2.45) is 0 Å². The molecule has 3 aromatic rings. The van der Waals surface area contributed by atoms with Crippen molar-refractivity contribution in [3.05, 3.63) is 64.1 Å². The lowest BCUT2D eigenvalue weighted by atomic mass is 9.93. The van der Waals surface area contributed by atoms with Gasteiger partial charge in [0.15, 0.2) is 11.6 Å². The van der Waals surface area contributed by atoms with Crippen molar-refractivity contribution in [2.45, 2.75) is 26.2 Å². The molecule has 0 saturated heterocycles. The Hall–Kier alpha value is -2.86. The first-order valence-electron chi connectivity index (χ1n) is 8.33. The van der Waals surface area contributed by atoms with E-state index in [0.29, 0.717) is 16.3 Å². The highest BCUT2D eigenvalue weighted by Gasteiger charge is 2.30. The number of rotatable bonds is 4. The zero-order chi connectivity index (χ0) is 19.9. The van der Waals surface area contributed by atoms with E-state index in [-0.39, 0.29) is 22.9 Å². The SMILES string of the molecule is CC[C@H](C(=O)O)c1c(C)n(C(=O)c2ccc(Cl)cc2)c2ccc(O)c(F)c12. The minimum absolute atomic E-state index is 0.0518. The summed E-state index contributed by atoms with van der Waals surface area (Å²) in [5, 5.41) is 19.8. The number of halogens is 2. The van der Waals surface area contributed by atoms with E-state index in [9.17, 15) is 24.2 Å². The third-order valence-electron chi connectivity index (χ3n) is 4.68. The quantitative estimate of drug-likeness (QED) is 0.677. The van der Waals surface area contributed by atoms with Crippen LogP contribution in [0.4, 0.5) is 4.39 Å². The maximum atomic E-state index is 14.7. The van der Waals surface area contributed by atoms with E-state index in [2.05, 4.69) is 0 Å². The summed E-state index contributed by atoms with van der Waals surface area (Å²) in [5.74, 6) is -4.11. The highest BCUT2D eigenvalue weighted by atomic mass is 35.5. The summed E-state index contributed by atoms with van der Waals surface area (Å²) in [6.45, 7) is 3.24.